The van der Waals surface area contributed by atoms with Crippen LogP contribution in [0.25, 0.3) is 0 Å². The first-order valence-corrected chi connectivity index (χ1v) is 7.40. The fourth-order valence-corrected chi connectivity index (χ4v) is 1.99. The maximum Gasteiger partial charge on any atom is 0.340 e. The molecule has 0 saturated carbocycles. The Kier molecular flexibility index (Phi) is 5.61. The Morgan fingerprint density at radius 3 is 2.57 bits per heavy atom. The molecule has 2 amide bonds. The minimum Gasteiger partial charge on any atom is -0.478 e. The van der Waals surface area contributed by atoms with Crippen LogP contribution in [0.4, 0.5) is 14.9 Å². The van der Waals surface area contributed by atoms with Gasteiger partial charge in [0.1, 0.15) is 11.4 Å². The normalized spacial score (nSPS) is 11.0. The summed E-state index contributed by atoms with van der Waals surface area (Å²) in [5.74, 6) is -2.86. The van der Waals surface area contributed by atoms with E-state index in [-0.39, 0.29) is 18.0 Å². The Morgan fingerprint density at radius 2 is 2.00 bits per heavy atom. The number of hydrogen-bond acceptors (Lipinski definition) is 4. The van der Waals surface area contributed by atoms with E-state index in [1.807, 2.05) is 0 Å². The Morgan fingerprint density at radius 1 is 1.33 bits per heavy atom. The van der Waals surface area contributed by atoms with Crippen molar-refractivity contribution in [2.75, 3.05) is 24.7 Å². The molecule has 1 aromatic carbocycles. The summed E-state index contributed by atoms with van der Waals surface area (Å²) in [4.78, 5) is 22.4. The van der Waals surface area contributed by atoms with E-state index < -0.39 is 33.4 Å². The molecule has 8 nitrogen and oxygen atoms in total. The van der Waals surface area contributed by atoms with Crippen LogP contribution in [0.3, 0.4) is 0 Å². The van der Waals surface area contributed by atoms with E-state index in [0.717, 1.165) is 6.07 Å². The van der Waals surface area contributed by atoms with Crippen LogP contribution in [0.15, 0.2) is 18.2 Å². The van der Waals surface area contributed by atoms with Gasteiger partial charge in [0.25, 0.3) is 0 Å². The largest absolute Gasteiger partial charge is 0.478 e. The van der Waals surface area contributed by atoms with E-state index in [2.05, 4.69) is 15.4 Å². The lowest BCUT2D eigenvalue weighted by atomic mass is 10.1. The summed E-state index contributed by atoms with van der Waals surface area (Å²) in [5, 5.41) is 13.2. The van der Waals surface area contributed by atoms with Crippen LogP contribution in [0.5, 0.6) is 0 Å². The van der Waals surface area contributed by atoms with Crippen molar-refractivity contribution in [3.05, 3.63) is 29.6 Å². The third-order valence-electron chi connectivity index (χ3n) is 2.44. The van der Waals surface area contributed by atoms with Gasteiger partial charge in [-0.3, -0.25) is 0 Å². The zero-order valence-electron chi connectivity index (χ0n) is 11.0. The van der Waals surface area contributed by atoms with Gasteiger partial charge in [-0.15, -0.1) is 0 Å². The van der Waals surface area contributed by atoms with Crippen LogP contribution in [-0.4, -0.2) is 44.9 Å². The minimum absolute atomic E-state index is 0.188. The average Bonchev–Trinajstić information content (AvgIpc) is 2.38. The van der Waals surface area contributed by atoms with E-state index in [1.54, 1.807) is 0 Å². The van der Waals surface area contributed by atoms with Gasteiger partial charge in [-0.05, 0) is 19.2 Å². The SMILES string of the molecule is CNS(=O)(=O)CCNC(=O)Nc1cccc(F)c1C(=O)O. The van der Waals surface area contributed by atoms with E-state index >= 15 is 0 Å². The Hall–Kier alpha value is -2.20. The van der Waals surface area contributed by atoms with Crippen LogP contribution in [0.1, 0.15) is 10.4 Å². The monoisotopic (exact) mass is 319 g/mol. The molecule has 0 aromatic heterocycles. The van der Waals surface area contributed by atoms with Gasteiger partial charge in [0, 0.05) is 6.54 Å². The lowest BCUT2D eigenvalue weighted by Gasteiger charge is -2.10. The van der Waals surface area contributed by atoms with Crippen molar-refractivity contribution in [1.29, 1.82) is 0 Å². The molecule has 0 unspecified atom stereocenters. The second kappa shape index (κ2) is 6.99. The number of urea groups is 1. The summed E-state index contributed by atoms with van der Waals surface area (Å²) in [6, 6.07) is 2.57. The molecule has 0 fully saturated rings. The number of carboxylic acids is 1. The molecule has 0 saturated heterocycles. The molecule has 116 valence electrons. The molecule has 10 heteroatoms. The molecule has 0 heterocycles. The lowest BCUT2D eigenvalue weighted by Crippen LogP contribution is -2.35. The molecule has 0 bridgehead atoms. The molecular weight excluding hydrogens is 305 g/mol. The van der Waals surface area contributed by atoms with Crippen molar-refractivity contribution in [2.24, 2.45) is 0 Å². The second-order valence-electron chi connectivity index (χ2n) is 3.87. The summed E-state index contributed by atoms with van der Waals surface area (Å²) >= 11 is 0. The van der Waals surface area contributed by atoms with Crippen LogP contribution in [0, 0.1) is 5.82 Å². The number of aromatic carboxylic acids is 1. The minimum atomic E-state index is -3.46. The molecule has 0 radical (unpaired) electrons. The van der Waals surface area contributed by atoms with Gasteiger partial charge in [0.05, 0.1) is 11.4 Å². The predicted octanol–water partition coefficient (Wildman–Crippen LogP) is 0.195. The van der Waals surface area contributed by atoms with Crippen LogP contribution in [-0.2, 0) is 10.0 Å². The van der Waals surface area contributed by atoms with Crippen LogP contribution < -0.4 is 15.4 Å². The smallest absolute Gasteiger partial charge is 0.340 e. The topological polar surface area (TPSA) is 125 Å². The molecule has 0 aliphatic carbocycles. The highest BCUT2D eigenvalue weighted by Crippen LogP contribution is 2.18. The van der Waals surface area contributed by atoms with Gasteiger partial charge in [0.15, 0.2) is 0 Å². The van der Waals surface area contributed by atoms with E-state index in [1.165, 1.54) is 19.2 Å². The van der Waals surface area contributed by atoms with Gasteiger partial charge in [-0.25, -0.2) is 27.1 Å². The molecular formula is C11H14FN3O5S. The molecule has 1 rings (SSSR count). The Bertz CT molecular complexity index is 647. The number of rotatable bonds is 6. The number of halogens is 1. The predicted molar refractivity (Wildman–Crippen MR) is 73.2 cm³/mol. The van der Waals surface area contributed by atoms with Crippen LogP contribution in [0.2, 0.25) is 0 Å². The van der Waals surface area contributed by atoms with Gasteiger partial charge >= 0.3 is 12.0 Å². The number of anilines is 1. The number of amides is 2. The number of sulfonamides is 1. The van der Waals surface area contributed by atoms with Gasteiger partial charge in [-0.1, -0.05) is 6.07 Å². The standard InChI is InChI=1S/C11H14FN3O5S/c1-13-21(19,20)6-5-14-11(18)15-8-4-2-3-7(12)9(8)10(16)17/h2-4,13H,5-6H2,1H3,(H,16,17)(H2,14,15,18). The van der Waals surface area contributed by atoms with Crippen molar-refractivity contribution < 1.29 is 27.5 Å². The van der Waals surface area contributed by atoms with Gasteiger partial charge in [0.2, 0.25) is 10.0 Å². The first kappa shape index (κ1) is 16.9. The highest BCUT2D eigenvalue weighted by molar-refractivity contribution is 7.89. The molecule has 0 aliphatic rings. The maximum atomic E-state index is 13.4. The maximum absolute atomic E-state index is 13.4. The third-order valence-corrected chi connectivity index (χ3v) is 3.81. The lowest BCUT2D eigenvalue weighted by molar-refractivity contribution is 0.0693. The molecule has 0 spiro atoms. The quantitative estimate of drug-likeness (QED) is 0.596. The van der Waals surface area contributed by atoms with Crippen molar-refractivity contribution in [2.45, 2.75) is 0 Å². The number of nitrogens with one attached hydrogen (secondary N) is 3. The highest BCUT2D eigenvalue weighted by Gasteiger charge is 2.17. The van der Waals surface area contributed by atoms with E-state index in [9.17, 15) is 22.4 Å². The van der Waals surface area contributed by atoms with Crippen molar-refractivity contribution in [3.63, 3.8) is 0 Å². The zero-order valence-corrected chi connectivity index (χ0v) is 11.8. The summed E-state index contributed by atoms with van der Waals surface area (Å²) in [6.07, 6.45) is 0. The van der Waals surface area contributed by atoms with Crippen molar-refractivity contribution >= 4 is 27.7 Å². The van der Waals surface area contributed by atoms with Gasteiger partial charge < -0.3 is 15.7 Å². The summed E-state index contributed by atoms with van der Waals surface area (Å²) in [6.45, 7) is -0.188. The molecule has 0 atom stereocenters. The summed E-state index contributed by atoms with van der Waals surface area (Å²) in [5.41, 5.74) is -0.896. The van der Waals surface area contributed by atoms with E-state index in [0.29, 0.717) is 0 Å². The van der Waals surface area contributed by atoms with Crippen molar-refractivity contribution in [1.82, 2.24) is 10.0 Å². The van der Waals surface area contributed by atoms with Crippen LogP contribution >= 0.6 is 0 Å². The first-order chi connectivity index (χ1) is 9.76. The zero-order chi connectivity index (χ0) is 16.0. The highest BCUT2D eigenvalue weighted by atomic mass is 32.2. The number of carbonyl (C=O) groups excluding carboxylic acids is 1. The third kappa shape index (κ3) is 5.00. The fourth-order valence-electron chi connectivity index (χ4n) is 1.41. The Balaban J connectivity index is 2.68. The molecule has 1 aromatic rings. The van der Waals surface area contributed by atoms with Crippen molar-refractivity contribution in [3.8, 4) is 0 Å². The molecule has 4 N–H and O–H groups in total. The number of carboxylic acid groups (broad SMARTS) is 1. The first-order valence-electron chi connectivity index (χ1n) is 5.74. The Labute approximate surface area is 120 Å². The number of benzene rings is 1. The second-order valence-corrected chi connectivity index (χ2v) is 5.92. The number of carbonyl (C=O) groups is 2. The summed E-state index contributed by atoms with van der Waals surface area (Å²) in [7, 11) is -2.23. The molecule has 0 aliphatic heterocycles. The summed E-state index contributed by atoms with van der Waals surface area (Å²) < 4.78 is 37.7. The number of hydrogen-bond donors (Lipinski definition) is 4. The molecule has 21 heavy (non-hydrogen) atoms. The van der Waals surface area contributed by atoms with E-state index in [4.69, 9.17) is 5.11 Å². The fraction of sp³-hybridized carbons (Fsp3) is 0.273. The van der Waals surface area contributed by atoms with Gasteiger partial charge in [-0.2, -0.15) is 0 Å². The average molecular weight is 319 g/mol.